The lowest BCUT2D eigenvalue weighted by Gasteiger charge is -1.99. The topological polar surface area (TPSA) is 25.8 Å². The molecule has 0 fully saturated rings. The molecule has 24 heavy (non-hydrogen) atoms. The highest BCUT2D eigenvalue weighted by molar-refractivity contribution is 9.11. The molecule has 0 saturated heterocycles. The zero-order chi connectivity index (χ0) is 16.5. The molecule has 0 bridgehead atoms. The first-order chi connectivity index (χ1) is 11.8. The Morgan fingerprint density at radius 3 is 1.33 bits per heavy atom. The van der Waals surface area contributed by atoms with E-state index >= 15 is 0 Å². The fourth-order valence-electron chi connectivity index (χ4n) is 2.39. The summed E-state index contributed by atoms with van der Waals surface area (Å²) in [5.41, 5.74) is 4.07. The van der Waals surface area contributed by atoms with Crippen molar-refractivity contribution in [3.8, 4) is 32.3 Å². The summed E-state index contributed by atoms with van der Waals surface area (Å²) in [6, 6.07) is 20.5. The van der Waals surface area contributed by atoms with Gasteiger partial charge >= 0.3 is 0 Å². The lowest BCUT2D eigenvalue weighted by Crippen LogP contribution is -1.80. The van der Waals surface area contributed by atoms with Crippen LogP contribution in [0.2, 0.25) is 0 Å². The molecule has 4 aromatic rings. The number of hydrogen-bond donors (Lipinski definition) is 0. The molecule has 2 nitrogen and oxygen atoms in total. The molecule has 0 aliphatic rings. The molecular formula is C18H10Br2N2S2. The SMILES string of the molecule is Brc1c(-c2nsc(-c3ccccc3)c2Br)nsc1-c1ccccc1. The van der Waals surface area contributed by atoms with Crippen LogP contribution in [0.15, 0.2) is 69.6 Å². The summed E-state index contributed by atoms with van der Waals surface area (Å²) < 4.78 is 11.3. The monoisotopic (exact) mass is 476 g/mol. The van der Waals surface area contributed by atoms with Gasteiger partial charge < -0.3 is 0 Å². The third kappa shape index (κ3) is 2.88. The first kappa shape index (κ1) is 16.1. The van der Waals surface area contributed by atoms with E-state index < -0.39 is 0 Å². The predicted octanol–water partition coefficient (Wildman–Crippen LogP) is 7.13. The minimum absolute atomic E-state index is 0.879. The van der Waals surface area contributed by atoms with Crippen LogP contribution < -0.4 is 0 Å². The normalized spacial score (nSPS) is 10.9. The second-order valence-corrected chi connectivity index (χ2v) is 8.21. The van der Waals surface area contributed by atoms with Crippen LogP contribution >= 0.6 is 54.9 Å². The molecule has 0 atom stereocenters. The molecule has 0 amide bonds. The zero-order valence-corrected chi connectivity index (χ0v) is 17.0. The zero-order valence-electron chi connectivity index (χ0n) is 12.2. The maximum atomic E-state index is 4.64. The van der Waals surface area contributed by atoms with Crippen molar-refractivity contribution in [2.75, 3.05) is 0 Å². The molecular weight excluding hydrogens is 468 g/mol. The maximum Gasteiger partial charge on any atom is 0.120 e. The number of benzene rings is 2. The van der Waals surface area contributed by atoms with Gasteiger partial charge in [0.1, 0.15) is 11.4 Å². The lowest BCUT2D eigenvalue weighted by atomic mass is 10.1. The lowest BCUT2D eigenvalue weighted by molar-refractivity contribution is 1.42. The van der Waals surface area contributed by atoms with Gasteiger partial charge in [0.25, 0.3) is 0 Å². The van der Waals surface area contributed by atoms with Crippen LogP contribution in [0, 0.1) is 0 Å². The van der Waals surface area contributed by atoms with Crippen LogP contribution in [-0.2, 0) is 0 Å². The van der Waals surface area contributed by atoms with Gasteiger partial charge in [-0.3, -0.25) is 0 Å². The van der Waals surface area contributed by atoms with Gasteiger partial charge in [0.2, 0.25) is 0 Å². The van der Waals surface area contributed by atoms with E-state index in [1.807, 2.05) is 36.4 Å². The van der Waals surface area contributed by atoms with Crippen LogP contribution in [0.1, 0.15) is 0 Å². The molecule has 6 heteroatoms. The van der Waals surface area contributed by atoms with E-state index in [-0.39, 0.29) is 0 Å². The summed E-state index contributed by atoms with van der Waals surface area (Å²) in [5.74, 6) is 0. The highest BCUT2D eigenvalue weighted by Gasteiger charge is 2.21. The van der Waals surface area contributed by atoms with Gasteiger partial charge in [-0.15, -0.1) is 0 Å². The van der Waals surface area contributed by atoms with Gasteiger partial charge in [0.15, 0.2) is 0 Å². The van der Waals surface area contributed by atoms with Crippen molar-refractivity contribution < 1.29 is 0 Å². The molecule has 0 N–H and O–H groups in total. The molecule has 0 unspecified atom stereocenters. The quantitative estimate of drug-likeness (QED) is 0.313. The van der Waals surface area contributed by atoms with E-state index in [1.54, 1.807) is 0 Å². The highest BCUT2D eigenvalue weighted by Crippen LogP contribution is 2.45. The van der Waals surface area contributed by atoms with E-state index in [2.05, 4.69) is 64.9 Å². The van der Waals surface area contributed by atoms with Gasteiger partial charge in [0, 0.05) is 0 Å². The fourth-order valence-corrected chi connectivity index (χ4v) is 5.63. The van der Waals surface area contributed by atoms with Gasteiger partial charge in [-0.05, 0) is 66.1 Å². The van der Waals surface area contributed by atoms with E-state index in [1.165, 1.54) is 23.1 Å². The van der Waals surface area contributed by atoms with Crippen LogP contribution in [0.3, 0.4) is 0 Å². The minimum atomic E-state index is 0.879. The molecule has 2 aromatic carbocycles. The Morgan fingerprint density at radius 2 is 0.958 bits per heavy atom. The Morgan fingerprint density at radius 1 is 0.583 bits per heavy atom. The molecule has 0 aliphatic carbocycles. The van der Waals surface area contributed by atoms with Crippen molar-refractivity contribution in [2.24, 2.45) is 0 Å². The number of hydrogen-bond acceptors (Lipinski definition) is 4. The second kappa shape index (κ2) is 6.88. The second-order valence-electron chi connectivity index (χ2n) is 5.08. The minimum Gasteiger partial charge on any atom is -0.189 e. The number of rotatable bonds is 3. The average molecular weight is 478 g/mol. The van der Waals surface area contributed by atoms with Crippen molar-refractivity contribution in [3.63, 3.8) is 0 Å². The van der Waals surface area contributed by atoms with E-state index in [9.17, 15) is 0 Å². The van der Waals surface area contributed by atoms with Crippen molar-refractivity contribution >= 4 is 54.9 Å². The summed E-state index contributed by atoms with van der Waals surface area (Å²) in [6.45, 7) is 0. The number of nitrogens with zero attached hydrogens (tertiary/aromatic N) is 2. The highest BCUT2D eigenvalue weighted by atomic mass is 79.9. The Kier molecular flexibility index (Phi) is 4.63. The number of halogens is 2. The van der Waals surface area contributed by atoms with Gasteiger partial charge in [0.05, 0.1) is 18.7 Å². The average Bonchev–Trinajstić information content (AvgIpc) is 3.19. The summed E-state index contributed by atoms with van der Waals surface area (Å²) in [6.07, 6.45) is 0. The van der Waals surface area contributed by atoms with Crippen LogP contribution in [0.4, 0.5) is 0 Å². The number of aromatic nitrogens is 2. The summed E-state index contributed by atoms with van der Waals surface area (Å²) >= 11 is 10.4. The van der Waals surface area contributed by atoms with Gasteiger partial charge in [-0.2, -0.15) is 8.75 Å². The Hall–Kier alpha value is -1.34. The van der Waals surface area contributed by atoms with Crippen LogP contribution in [-0.4, -0.2) is 8.75 Å². The van der Waals surface area contributed by atoms with E-state index in [4.69, 9.17) is 0 Å². The van der Waals surface area contributed by atoms with Gasteiger partial charge in [-0.25, -0.2) is 0 Å². The van der Waals surface area contributed by atoms with Crippen molar-refractivity contribution in [1.29, 1.82) is 0 Å². The third-order valence-electron chi connectivity index (χ3n) is 3.57. The Balaban J connectivity index is 1.79. The standard InChI is InChI=1S/C18H10Br2N2S2/c19-13-15(21-23-17(13)11-7-3-1-4-8-11)16-14(20)18(24-22-16)12-9-5-2-6-10-12/h1-10H. The largest absolute Gasteiger partial charge is 0.189 e. The fraction of sp³-hybridized carbons (Fsp3) is 0. The molecule has 4 rings (SSSR count). The summed E-state index contributed by atoms with van der Waals surface area (Å²) in [4.78, 5) is 2.23. The summed E-state index contributed by atoms with van der Waals surface area (Å²) in [5, 5.41) is 0. The predicted molar refractivity (Wildman–Crippen MR) is 109 cm³/mol. The molecule has 2 heterocycles. The van der Waals surface area contributed by atoms with Crippen LogP contribution in [0.5, 0.6) is 0 Å². The first-order valence-corrected chi connectivity index (χ1v) is 10.3. The van der Waals surface area contributed by atoms with Crippen molar-refractivity contribution in [3.05, 3.63) is 69.6 Å². The summed E-state index contributed by atoms with van der Waals surface area (Å²) in [7, 11) is 0. The van der Waals surface area contributed by atoms with E-state index in [0.29, 0.717) is 0 Å². The molecule has 0 radical (unpaired) electrons. The van der Waals surface area contributed by atoms with E-state index in [0.717, 1.165) is 41.2 Å². The molecule has 0 spiro atoms. The smallest absolute Gasteiger partial charge is 0.120 e. The van der Waals surface area contributed by atoms with Gasteiger partial charge in [-0.1, -0.05) is 60.7 Å². The van der Waals surface area contributed by atoms with Crippen LogP contribution in [0.25, 0.3) is 32.3 Å². The molecule has 118 valence electrons. The Labute approximate surface area is 164 Å². The molecule has 0 saturated carbocycles. The molecule has 2 aromatic heterocycles. The van der Waals surface area contributed by atoms with Crippen molar-refractivity contribution in [1.82, 2.24) is 8.75 Å². The third-order valence-corrected chi connectivity index (χ3v) is 7.43. The van der Waals surface area contributed by atoms with Crippen molar-refractivity contribution in [2.45, 2.75) is 0 Å². The maximum absolute atomic E-state index is 4.64. The Bertz CT molecular complexity index is 897. The first-order valence-electron chi connectivity index (χ1n) is 7.17. The molecule has 0 aliphatic heterocycles.